The Morgan fingerprint density at radius 2 is 2.21 bits per heavy atom. The number of ether oxygens (including phenoxy) is 1. The molecule has 2 amide bonds. The highest BCUT2D eigenvalue weighted by Gasteiger charge is 2.31. The van der Waals surface area contributed by atoms with Gasteiger partial charge in [0.15, 0.2) is 5.82 Å². The Labute approximate surface area is 138 Å². The number of carbonyl (C=O) groups is 2. The van der Waals surface area contributed by atoms with Crippen LogP contribution >= 0.6 is 0 Å². The molecule has 0 fully saturated rings. The fourth-order valence-electron chi connectivity index (χ4n) is 2.64. The van der Waals surface area contributed by atoms with Gasteiger partial charge >= 0.3 is 11.8 Å². The first-order valence-corrected chi connectivity index (χ1v) is 7.53. The zero-order valence-corrected chi connectivity index (χ0v) is 13.2. The summed E-state index contributed by atoms with van der Waals surface area (Å²) in [6.07, 6.45) is 2.20. The molecule has 2 aromatic rings. The number of rotatable bonds is 4. The molecule has 0 saturated heterocycles. The zero-order chi connectivity index (χ0) is 17.1. The highest BCUT2D eigenvalue weighted by atomic mass is 19.1. The van der Waals surface area contributed by atoms with Gasteiger partial charge in [-0.2, -0.15) is 5.10 Å². The highest BCUT2D eigenvalue weighted by molar-refractivity contribution is 6.44. The van der Waals surface area contributed by atoms with Crippen LogP contribution in [0.4, 0.5) is 15.9 Å². The van der Waals surface area contributed by atoms with Crippen molar-refractivity contribution in [3.8, 4) is 0 Å². The lowest BCUT2D eigenvalue weighted by Gasteiger charge is -2.16. The van der Waals surface area contributed by atoms with E-state index >= 15 is 0 Å². The molecule has 0 unspecified atom stereocenters. The van der Waals surface area contributed by atoms with Crippen LogP contribution in [0.3, 0.4) is 0 Å². The Morgan fingerprint density at radius 1 is 1.38 bits per heavy atom. The summed E-state index contributed by atoms with van der Waals surface area (Å²) in [5.74, 6) is -1.89. The van der Waals surface area contributed by atoms with Crippen molar-refractivity contribution in [2.24, 2.45) is 0 Å². The van der Waals surface area contributed by atoms with Gasteiger partial charge in [0.05, 0.1) is 18.8 Å². The van der Waals surface area contributed by atoms with Gasteiger partial charge in [0.2, 0.25) is 0 Å². The highest BCUT2D eigenvalue weighted by Crippen LogP contribution is 2.30. The number of fused-ring (bicyclic) bond motifs is 1. The summed E-state index contributed by atoms with van der Waals surface area (Å²) in [5.41, 5.74) is 0.906. The topological polar surface area (TPSA) is 76.5 Å². The summed E-state index contributed by atoms with van der Waals surface area (Å²) < 4.78 is 20.5. The summed E-state index contributed by atoms with van der Waals surface area (Å²) in [5, 5.41) is 6.56. The van der Waals surface area contributed by atoms with Crippen molar-refractivity contribution in [2.45, 2.75) is 13.0 Å². The number of methoxy groups -OCH3 is 1. The number of amides is 2. The van der Waals surface area contributed by atoms with Crippen molar-refractivity contribution in [1.82, 2.24) is 9.78 Å². The van der Waals surface area contributed by atoms with Gasteiger partial charge < -0.3 is 15.0 Å². The molecule has 126 valence electrons. The molecule has 0 aliphatic carbocycles. The van der Waals surface area contributed by atoms with Gasteiger partial charge in [0, 0.05) is 25.9 Å². The van der Waals surface area contributed by atoms with E-state index in [0.29, 0.717) is 19.6 Å². The summed E-state index contributed by atoms with van der Waals surface area (Å²) in [4.78, 5) is 25.6. The van der Waals surface area contributed by atoms with E-state index in [0.717, 1.165) is 5.56 Å². The van der Waals surface area contributed by atoms with Crippen LogP contribution in [0.15, 0.2) is 30.5 Å². The molecule has 0 spiro atoms. The van der Waals surface area contributed by atoms with E-state index in [-0.39, 0.29) is 18.1 Å². The van der Waals surface area contributed by atoms with E-state index in [1.54, 1.807) is 36.2 Å². The van der Waals surface area contributed by atoms with Crippen molar-refractivity contribution >= 4 is 23.3 Å². The molecule has 7 nitrogen and oxygen atoms in total. The van der Waals surface area contributed by atoms with Crippen LogP contribution in [0.1, 0.15) is 5.56 Å². The molecule has 3 rings (SSSR count). The predicted molar refractivity (Wildman–Crippen MR) is 85.2 cm³/mol. The van der Waals surface area contributed by atoms with Gasteiger partial charge in [-0.25, -0.2) is 4.39 Å². The fourth-order valence-corrected chi connectivity index (χ4v) is 2.64. The smallest absolute Gasteiger partial charge is 0.316 e. The van der Waals surface area contributed by atoms with Crippen LogP contribution in [0.2, 0.25) is 0 Å². The van der Waals surface area contributed by atoms with Crippen molar-refractivity contribution < 1.29 is 18.7 Å². The number of nitrogens with zero attached hydrogens (tertiary/aromatic N) is 3. The molecule has 0 saturated carbocycles. The number of benzene rings is 1. The molecule has 0 bridgehead atoms. The number of para-hydroxylation sites is 1. The average molecular weight is 332 g/mol. The number of halogens is 1. The normalized spacial score (nSPS) is 13.0. The number of nitrogens with one attached hydrogen (secondary N) is 1. The van der Waals surface area contributed by atoms with Crippen molar-refractivity contribution in [1.29, 1.82) is 0 Å². The molecule has 0 atom stereocenters. The van der Waals surface area contributed by atoms with Crippen LogP contribution in [0.5, 0.6) is 0 Å². The quantitative estimate of drug-likeness (QED) is 0.854. The summed E-state index contributed by atoms with van der Waals surface area (Å²) in [7, 11) is 1.58. The minimum Gasteiger partial charge on any atom is -0.383 e. The Kier molecular flexibility index (Phi) is 4.57. The first-order valence-electron chi connectivity index (χ1n) is 7.53. The van der Waals surface area contributed by atoms with E-state index in [4.69, 9.17) is 4.74 Å². The molecule has 1 N–H and O–H groups in total. The lowest BCUT2D eigenvalue weighted by atomic mass is 10.1. The van der Waals surface area contributed by atoms with Gasteiger partial charge in [0.25, 0.3) is 0 Å². The van der Waals surface area contributed by atoms with Crippen LogP contribution in [0, 0.1) is 5.82 Å². The lowest BCUT2D eigenvalue weighted by molar-refractivity contribution is -0.134. The maximum Gasteiger partial charge on any atom is 0.316 e. The van der Waals surface area contributed by atoms with Gasteiger partial charge in [-0.05, 0) is 18.1 Å². The largest absolute Gasteiger partial charge is 0.383 e. The molecular formula is C16H17FN4O3. The average Bonchev–Trinajstić information content (AvgIpc) is 3.19. The first kappa shape index (κ1) is 16.1. The van der Waals surface area contributed by atoms with Gasteiger partial charge in [0.1, 0.15) is 5.82 Å². The minimum atomic E-state index is -0.844. The minimum absolute atomic E-state index is 0.184. The SMILES string of the molecule is COCCn1ccc(NC(=O)C(=O)N2CCc3cccc(F)c32)n1. The maximum atomic E-state index is 14.0. The van der Waals surface area contributed by atoms with Crippen molar-refractivity contribution in [3.63, 3.8) is 0 Å². The number of carbonyl (C=O) groups excluding carboxylic acids is 2. The molecule has 1 aliphatic heterocycles. The van der Waals surface area contributed by atoms with Crippen molar-refractivity contribution in [3.05, 3.63) is 41.8 Å². The molecular weight excluding hydrogens is 315 g/mol. The van der Waals surface area contributed by atoms with E-state index in [9.17, 15) is 14.0 Å². The van der Waals surface area contributed by atoms with Crippen LogP contribution in [-0.2, 0) is 27.3 Å². The summed E-state index contributed by atoms with van der Waals surface area (Å²) in [6, 6.07) is 6.20. The monoisotopic (exact) mass is 332 g/mol. The van der Waals surface area contributed by atoms with E-state index in [2.05, 4.69) is 10.4 Å². The maximum absolute atomic E-state index is 14.0. The third kappa shape index (κ3) is 3.13. The number of hydrogen-bond acceptors (Lipinski definition) is 4. The predicted octanol–water partition coefficient (Wildman–Crippen LogP) is 1.20. The standard InChI is InChI=1S/C16H17FN4O3/c1-24-10-9-20-7-6-13(19-20)18-15(22)16(23)21-8-5-11-3-2-4-12(17)14(11)21/h2-4,6-7H,5,8-10H2,1H3,(H,18,19,22). The molecule has 8 heteroatoms. The zero-order valence-electron chi connectivity index (χ0n) is 13.2. The van der Waals surface area contributed by atoms with Gasteiger partial charge in [-0.3, -0.25) is 14.3 Å². The third-order valence-corrected chi connectivity index (χ3v) is 3.79. The first-order chi connectivity index (χ1) is 11.6. The number of anilines is 2. The molecule has 24 heavy (non-hydrogen) atoms. The number of hydrogen-bond donors (Lipinski definition) is 1. The summed E-state index contributed by atoms with van der Waals surface area (Å²) >= 11 is 0. The van der Waals surface area contributed by atoms with E-state index in [1.165, 1.54) is 11.0 Å². The van der Waals surface area contributed by atoms with Gasteiger partial charge in [-0.15, -0.1) is 0 Å². The van der Waals surface area contributed by atoms with Crippen LogP contribution < -0.4 is 10.2 Å². The molecule has 1 aliphatic rings. The molecule has 0 radical (unpaired) electrons. The second-order valence-electron chi connectivity index (χ2n) is 5.37. The van der Waals surface area contributed by atoms with Crippen LogP contribution in [0.25, 0.3) is 0 Å². The fraction of sp³-hybridized carbons (Fsp3) is 0.312. The Bertz CT molecular complexity index is 774. The van der Waals surface area contributed by atoms with E-state index < -0.39 is 17.6 Å². The Morgan fingerprint density at radius 3 is 3.00 bits per heavy atom. The molecule has 1 aromatic carbocycles. The molecule has 1 aromatic heterocycles. The van der Waals surface area contributed by atoms with Gasteiger partial charge in [-0.1, -0.05) is 12.1 Å². The summed E-state index contributed by atoms with van der Waals surface area (Å²) in [6.45, 7) is 1.30. The molecule has 2 heterocycles. The Hall–Kier alpha value is -2.74. The second-order valence-corrected chi connectivity index (χ2v) is 5.37. The Balaban J connectivity index is 1.68. The second kappa shape index (κ2) is 6.79. The number of aromatic nitrogens is 2. The lowest BCUT2D eigenvalue weighted by Crippen LogP contribution is -2.39. The van der Waals surface area contributed by atoms with Crippen LogP contribution in [-0.4, -0.2) is 41.9 Å². The van der Waals surface area contributed by atoms with E-state index in [1.807, 2.05) is 0 Å². The third-order valence-electron chi connectivity index (χ3n) is 3.79. The van der Waals surface area contributed by atoms with Crippen molar-refractivity contribution in [2.75, 3.05) is 30.5 Å².